The fourth-order valence-electron chi connectivity index (χ4n) is 2.59. The summed E-state index contributed by atoms with van der Waals surface area (Å²) in [5, 5.41) is 21.4. The topological polar surface area (TPSA) is 73.6 Å². The first-order chi connectivity index (χ1) is 12.0. The Hall–Kier alpha value is -2.34. The van der Waals surface area contributed by atoms with Gasteiger partial charge < -0.3 is 10.1 Å². The van der Waals surface area contributed by atoms with Crippen molar-refractivity contribution in [1.82, 2.24) is 9.97 Å². The number of halogens is 3. The number of H-pyrrole nitrogens is 1. The summed E-state index contributed by atoms with van der Waals surface area (Å²) >= 11 is 18.2. The summed E-state index contributed by atoms with van der Waals surface area (Å²) in [4.78, 5) is 7.05. The van der Waals surface area contributed by atoms with Gasteiger partial charge in [0.2, 0.25) is 5.88 Å². The molecule has 0 aliphatic heterocycles. The van der Waals surface area contributed by atoms with Crippen LogP contribution < -0.4 is 0 Å². The van der Waals surface area contributed by atoms with E-state index in [4.69, 9.17) is 34.8 Å². The third-order valence-corrected chi connectivity index (χ3v) is 4.47. The summed E-state index contributed by atoms with van der Waals surface area (Å²) in [6.07, 6.45) is 1.62. The molecule has 0 amide bonds. The smallest absolute Gasteiger partial charge is 0.218 e. The lowest BCUT2D eigenvalue weighted by Crippen LogP contribution is -1.78. The zero-order valence-electron chi connectivity index (χ0n) is 12.5. The van der Waals surface area contributed by atoms with E-state index >= 15 is 0 Å². The molecule has 8 heteroatoms. The van der Waals surface area contributed by atoms with Crippen LogP contribution in [0.5, 0.6) is 5.88 Å². The lowest BCUT2D eigenvalue weighted by atomic mass is 10.2. The van der Waals surface area contributed by atoms with Gasteiger partial charge in [0, 0.05) is 27.0 Å². The Morgan fingerprint density at radius 2 is 1.76 bits per heavy atom. The molecule has 2 heterocycles. The van der Waals surface area contributed by atoms with Gasteiger partial charge in [-0.15, -0.1) is 10.2 Å². The summed E-state index contributed by atoms with van der Waals surface area (Å²) in [6, 6.07) is 10.3. The number of aromatic amines is 1. The Balaban J connectivity index is 1.86. The van der Waals surface area contributed by atoms with E-state index in [1.54, 1.807) is 36.5 Å². The van der Waals surface area contributed by atoms with E-state index in [-0.39, 0.29) is 11.6 Å². The Morgan fingerprint density at radius 1 is 0.920 bits per heavy atom. The third kappa shape index (κ3) is 2.91. The average Bonchev–Trinajstić information content (AvgIpc) is 2.88. The van der Waals surface area contributed by atoms with E-state index in [0.717, 1.165) is 5.39 Å². The summed E-state index contributed by atoms with van der Waals surface area (Å²) in [5.74, 6) is -0.135. The molecule has 0 atom stereocenters. The minimum Gasteiger partial charge on any atom is -0.493 e. The highest BCUT2D eigenvalue weighted by Gasteiger charge is 2.14. The van der Waals surface area contributed by atoms with Crippen molar-refractivity contribution in [3.8, 4) is 5.88 Å². The van der Waals surface area contributed by atoms with Crippen LogP contribution in [-0.4, -0.2) is 15.1 Å². The second kappa shape index (κ2) is 6.19. The molecule has 4 aromatic rings. The number of hydrogen-bond donors (Lipinski definition) is 2. The van der Waals surface area contributed by atoms with Gasteiger partial charge in [-0.25, -0.2) is 0 Å². The largest absolute Gasteiger partial charge is 0.493 e. The van der Waals surface area contributed by atoms with E-state index in [2.05, 4.69) is 20.2 Å². The quantitative estimate of drug-likeness (QED) is 0.369. The number of nitrogens with one attached hydrogen (secondary N) is 1. The number of aromatic nitrogens is 2. The Bertz CT molecular complexity index is 1150. The number of hydrogen-bond acceptors (Lipinski definition) is 4. The molecule has 5 nitrogen and oxygen atoms in total. The van der Waals surface area contributed by atoms with Crippen LogP contribution in [0.2, 0.25) is 15.1 Å². The van der Waals surface area contributed by atoms with Crippen molar-refractivity contribution in [2.45, 2.75) is 0 Å². The average molecular weight is 392 g/mol. The second-order valence-corrected chi connectivity index (χ2v) is 6.60. The summed E-state index contributed by atoms with van der Waals surface area (Å²) in [6.45, 7) is 0. The minimum atomic E-state index is -0.135. The molecule has 0 saturated heterocycles. The number of benzene rings is 2. The molecule has 4 rings (SSSR count). The Labute approximate surface area is 156 Å². The third-order valence-electron chi connectivity index (χ3n) is 3.72. The summed E-state index contributed by atoms with van der Waals surface area (Å²) in [5.41, 5.74) is 2.11. The molecule has 0 fully saturated rings. The van der Waals surface area contributed by atoms with Gasteiger partial charge in [0.05, 0.1) is 21.7 Å². The van der Waals surface area contributed by atoms with Crippen LogP contribution in [0, 0.1) is 0 Å². The van der Waals surface area contributed by atoms with Gasteiger partial charge in [0.1, 0.15) is 0 Å². The number of fused-ring (bicyclic) bond motifs is 2. The maximum absolute atomic E-state index is 10.1. The number of aromatic hydroxyl groups is 1. The first-order valence-corrected chi connectivity index (χ1v) is 8.32. The molecule has 2 aromatic heterocycles. The predicted octanol–water partition coefficient (Wildman–Crippen LogP) is 6.80. The number of nitrogens with zero attached hydrogens (tertiary/aromatic N) is 3. The number of azo groups is 1. The van der Waals surface area contributed by atoms with E-state index in [1.165, 1.54) is 0 Å². The molecule has 2 N–H and O–H groups in total. The highest BCUT2D eigenvalue weighted by Crippen LogP contribution is 2.41. The van der Waals surface area contributed by atoms with Gasteiger partial charge in [0.25, 0.3) is 0 Å². The van der Waals surface area contributed by atoms with Crippen LogP contribution in [0.4, 0.5) is 11.4 Å². The van der Waals surface area contributed by atoms with Gasteiger partial charge in [-0.05, 0) is 36.4 Å². The van der Waals surface area contributed by atoms with Crippen LogP contribution >= 0.6 is 34.8 Å². The van der Waals surface area contributed by atoms with Crippen molar-refractivity contribution in [2.75, 3.05) is 0 Å². The Morgan fingerprint density at radius 3 is 2.60 bits per heavy atom. The molecule has 124 valence electrons. The van der Waals surface area contributed by atoms with Crippen LogP contribution in [-0.2, 0) is 0 Å². The molecule has 0 unspecified atom stereocenters. The highest BCUT2D eigenvalue weighted by molar-refractivity contribution is 6.38. The van der Waals surface area contributed by atoms with Crippen LogP contribution in [0.3, 0.4) is 0 Å². The second-order valence-electron chi connectivity index (χ2n) is 5.32. The van der Waals surface area contributed by atoms with Crippen LogP contribution in [0.25, 0.3) is 21.8 Å². The van der Waals surface area contributed by atoms with Gasteiger partial charge in [0.15, 0.2) is 5.69 Å². The highest BCUT2D eigenvalue weighted by atomic mass is 35.5. The zero-order chi connectivity index (χ0) is 17.6. The number of pyridine rings is 1. The van der Waals surface area contributed by atoms with Crippen molar-refractivity contribution in [3.63, 3.8) is 0 Å². The van der Waals surface area contributed by atoms with E-state index < -0.39 is 0 Å². The molecular weight excluding hydrogens is 383 g/mol. The van der Waals surface area contributed by atoms with E-state index in [1.807, 2.05) is 6.07 Å². The van der Waals surface area contributed by atoms with E-state index in [0.29, 0.717) is 37.2 Å². The van der Waals surface area contributed by atoms with Crippen molar-refractivity contribution in [3.05, 3.63) is 57.7 Å². The van der Waals surface area contributed by atoms with Gasteiger partial charge >= 0.3 is 0 Å². The van der Waals surface area contributed by atoms with Gasteiger partial charge in [-0.3, -0.25) is 4.98 Å². The number of rotatable bonds is 2. The predicted molar refractivity (Wildman–Crippen MR) is 101 cm³/mol. The standard InChI is InChI=1S/C17H9Cl3N4O/c18-8-1-2-10-13(3-4-21-14(10)7-8)23-24-16-11-5-9(19)6-12(20)15(11)22-17(16)25/h1-7,22,25H. The molecule has 0 aliphatic rings. The molecule has 0 radical (unpaired) electrons. The first kappa shape index (κ1) is 16.1. The SMILES string of the molecule is Oc1[nH]c2c(Cl)cc(Cl)cc2c1N=Nc1ccnc2cc(Cl)ccc12. The molecule has 0 spiro atoms. The fourth-order valence-corrected chi connectivity index (χ4v) is 3.30. The normalized spacial score (nSPS) is 11.8. The lowest BCUT2D eigenvalue weighted by Gasteiger charge is -2.01. The van der Waals surface area contributed by atoms with Gasteiger partial charge in [-0.2, -0.15) is 0 Å². The van der Waals surface area contributed by atoms with Crippen molar-refractivity contribution >= 4 is 68.0 Å². The maximum atomic E-state index is 10.1. The van der Waals surface area contributed by atoms with Crippen molar-refractivity contribution in [2.24, 2.45) is 10.2 Å². The fraction of sp³-hybridized carbons (Fsp3) is 0. The first-order valence-electron chi connectivity index (χ1n) is 7.18. The molecule has 0 aliphatic carbocycles. The van der Waals surface area contributed by atoms with Crippen LogP contribution in [0.1, 0.15) is 0 Å². The molecule has 2 aromatic carbocycles. The van der Waals surface area contributed by atoms with Crippen molar-refractivity contribution in [1.29, 1.82) is 0 Å². The molecule has 0 bridgehead atoms. The van der Waals surface area contributed by atoms with Crippen molar-refractivity contribution < 1.29 is 5.11 Å². The minimum absolute atomic E-state index is 0.135. The summed E-state index contributed by atoms with van der Waals surface area (Å²) in [7, 11) is 0. The molecule has 0 saturated carbocycles. The summed E-state index contributed by atoms with van der Waals surface area (Å²) < 4.78 is 0. The van der Waals surface area contributed by atoms with Gasteiger partial charge in [-0.1, -0.05) is 34.8 Å². The van der Waals surface area contributed by atoms with E-state index in [9.17, 15) is 5.11 Å². The lowest BCUT2D eigenvalue weighted by molar-refractivity contribution is 0.459. The molecular formula is C17H9Cl3N4O. The molecule has 25 heavy (non-hydrogen) atoms. The van der Waals surface area contributed by atoms with Crippen LogP contribution in [0.15, 0.2) is 52.8 Å². The zero-order valence-corrected chi connectivity index (χ0v) is 14.7. The maximum Gasteiger partial charge on any atom is 0.218 e. The Kier molecular flexibility index (Phi) is 4.00. The monoisotopic (exact) mass is 390 g/mol.